The number of fused-ring (bicyclic) bond motifs is 5. The summed E-state index contributed by atoms with van der Waals surface area (Å²) in [6.07, 6.45) is 10.5. The zero-order valence-electron chi connectivity index (χ0n) is 19.6. The lowest BCUT2D eigenvalue weighted by Gasteiger charge is -2.57. The summed E-state index contributed by atoms with van der Waals surface area (Å²) in [4.78, 5) is 0. The fourth-order valence-corrected chi connectivity index (χ4v) is 8.09. The highest BCUT2D eigenvalue weighted by Crippen LogP contribution is 2.70. The minimum absolute atomic E-state index is 0.00120. The summed E-state index contributed by atoms with van der Waals surface area (Å²) in [5.74, 6) is -0.653. The molecule has 0 bridgehead atoms. The van der Waals surface area contributed by atoms with Crippen molar-refractivity contribution in [2.45, 2.75) is 81.1 Å². The Labute approximate surface area is 200 Å². The molecule has 4 heteroatoms. The summed E-state index contributed by atoms with van der Waals surface area (Å²) in [7, 11) is 0. The van der Waals surface area contributed by atoms with Gasteiger partial charge in [0, 0.05) is 5.41 Å². The van der Waals surface area contributed by atoms with Crippen molar-refractivity contribution in [3.05, 3.63) is 64.7 Å². The second-order valence-electron chi connectivity index (χ2n) is 11.5. The second-order valence-corrected chi connectivity index (χ2v) is 11.5. The van der Waals surface area contributed by atoms with Crippen LogP contribution in [0.5, 0.6) is 5.75 Å². The lowest BCUT2D eigenvalue weighted by molar-refractivity contribution is -0.214. The van der Waals surface area contributed by atoms with E-state index in [1.54, 1.807) is 12.0 Å². The Hall–Kier alpha value is -2.38. The molecule has 0 aromatic heterocycles. The molecule has 0 amide bonds. The molecule has 2 aromatic rings. The van der Waals surface area contributed by atoms with E-state index in [4.69, 9.17) is 6.42 Å². The topological polar surface area (TPSA) is 40.5 Å². The highest BCUT2D eigenvalue weighted by Gasteiger charge is 2.71. The summed E-state index contributed by atoms with van der Waals surface area (Å²) in [6, 6.07) is 14.4. The van der Waals surface area contributed by atoms with Gasteiger partial charge in [-0.25, -0.2) is 0 Å². The van der Waals surface area contributed by atoms with Crippen molar-refractivity contribution < 1.29 is 19.0 Å². The van der Waals surface area contributed by atoms with Gasteiger partial charge in [0.05, 0.1) is 0 Å². The van der Waals surface area contributed by atoms with Crippen molar-refractivity contribution in [2.75, 3.05) is 0 Å². The van der Waals surface area contributed by atoms with Crippen LogP contribution in [-0.2, 0) is 6.42 Å². The molecule has 0 radical (unpaired) electrons. The Morgan fingerprint density at radius 2 is 1.74 bits per heavy atom. The smallest absolute Gasteiger partial charge is 0.336 e. The van der Waals surface area contributed by atoms with Gasteiger partial charge in [0.2, 0.25) is 0 Å². The monoisotopic (exact) mass is 462 g/mol. The van der Waals surface area contributed by atoms with Crippen LogP contribution in [0.1, 0.15) is 85.5 Å². The van der Waals surface area contributed by atoms with E-state index in [1.165, 1.54) is 24.0 Å². The Morgan fingerprint density at radius 3 is 2.41 bits per heavy atom. The van der Waals surface area contributed by atoms with Crippen LogP contribution in [0.3, 0.4) is 0 Å². The average Bonchev–Trinajstić information content (AvgIpc) is 3.64. The number of terminal acetylenes is 1. The molecular weight excluding hydrogens is 430 g/mol. The first-order chi connectivity index (χ1) is 16.2. The average molecular weight is 463 g/mol. The summed E-state index contributed by atoms with van der Waals surface area (Å²) in [5.41, 5.74) is 1.71. The maximum Gasteiger partial charge on any atom is 0.336 e. The molecule has 3 saturated carbocycles. The van der Waals surface area contributed by atoms with Gasteiger partial charge in [0.25, 0.3) is 0 Å². The van der Waals surface area contributed by atoms with Crippen molar-refractivity contribution in [3.63, 3.8) is 0 Å². The van der Waals surface area contributed by atoms with E-state index in [1.807, 2.05) is 19.1 Å². The van der Waals surface area contributed by atoms with Gasteiger partial charge in [-0.15, -0.1) is 6.42 Å². The van der Waals surface area contributed by atoms with Crippen LogP contribution in [-0.4, -0.2) is 21.7 Å². The first-order valence-corrected chi connectivity index (χ1v) is 12.7. The zero-order valence-corrected chi connectivity index (χ0v) is 19.6. The predicted molar refractivity (Wildman–Crippen MR) is 128 cm³/mol. The molecule has 0 saturated heterocycles. The molecule has 0 aliphatic heterocycles. The molecule has 6 rings (SSSR count). The molecular formula is C30H32F2O2. The quantitative estimate of drug-likeness (QED) is 0.510. The van der Waals surface area contributed by atoms with Crippen molar-refractivity contribution >= 4 is 0 Å². The predicted octanol–water partition coefficient (Wildman–Crippen LogP) is 6.52. The SMILES string of the molecule is C#CC(F)(F)[C@]1(O)CC[C@H]2[C@@H]3CCc4cc(O)ccc4C3[C@H](c3ccc(C4CC4)cc3)C[C@@]21C. The number of alkyl halides is 2. The minimum Gasteiger partial charge on any atom is -0.508 e. The highest BCUT2D eigenvalue weighted by molar-refractivity contribution is 5.44. The first kappa shape index (κ1) is 22.1. The van der Waals surface area contributed by atoms with Gasteiger partial charge in [0.1, 0.15) is 11.4 Å². The maximum atomic E-state index is 15.1. The van der Waals surface area contributed by atoms with Crippen LogP contribution in [0.25, 0.3) is 0 Å². The fraction of sp³-hybridized carbons (Fsp3) is 0.533. The van der Waals surface area contributed by atoms with Crippen LogP contribution in [0.2, 0.25) is 0 Å². The van der Waals surface area contributed by atoms with Gasteiger partial charge < -0.3 is 10.2 Å². The molecule has 0 spiro atoms. The third-order valence-corrected chi connectivity index (χ3v) is 9.98. The summed E-state index contributed by atoms with van der Waals surface area (Å²) in [5, 5.41) is 21.7. The van der Waals surface area contributed by atoms with Crippen molar-refractivity contribution in [2.24, 2.45) is 17.3 Å². The van der Waals surface area contributed by atoms with Gasteiger partial charge in [0.15, 0.2) is 0 Å². The van der Waals surface area contributed by atoms with E-state index in [2.05, 4.69) is 24.3 Å². The normalized spacial score (nSPS) is 36.8. The van der Waals surface area contributed by atoms with E-state index in [0.717, 1.165) is 24.0 Å². The summed E-state index contributed by atoms with van der Waals surface area (Å²) >= 11 is 0. The fourth-order valence-electron chi connectivity index (χ4n) is 8.09. The van der Waals surface area contributed by atoms with E-state index in [0.29, 0.717) is 18.8 Å². The van der Waals surface area contributed by atoms with Gasteiger partial charge in [-0.1, -0.05) is 37.3 Å². The maximum absolute atomic E-state index is 15.1. The summed E-state index contributed by atoms with van der Waals surface area (Å²) in [6.45, 7) is 1.87. The highest BCUT2D eigenvalue weighted by atomic mass is 19.3. The van der Waals surface area contributed by atoms with Gasteiger partial charge in [-0.2, -0.15) is 8.78 Å². The third-order valence-electron chi connectivity index (χ3n) is 9.98. The molecule has 3 fully saturated rings. The zero-order chi connectivity index (χ0) is 23.9. The number of aryl methyl sites for hydroxylation is 1. The molecule has 1 unspecified atom stereocenters. The van der Waals surface area contributed by atoms with Crippen LogP contribution in [0.4, 0.5) is 8.78 Å². The lowest BCUT2D eigenvalue weighted by Crippen LogP contribution is -2.60. The molecule has 4 aliphatic carbocycles. The molecule has 4 aliphatic rings. The summed E-state index contributed by atoms with van der Waals surface area (Å²) < 4.78 is 30.3. The standard InChI is InChI=1S/C30H32F2O2/c1-3-30(31,32)29(34)15-14-26-24-12-10-21-16-22(33)11-13-23(21)27(24)25(17-28(26,29)2)20-8-6-19(7-9-20)18-4-5-18/h1,6-9,11,13,16,18,24-27,33-34H,4-5,10,12,14-15,17H2,2H3/t24-,25-,26-,27?,28-,29-/m0/s1. The number of benzene rings is 2. The van der Waals surface area contributed by atoms with Crippen molar-refractivity contribution in [1.82, 2.24) is 0 Å². The lowest BCUT2D eigenvalue weighted by atomic mass is 9.48. The molecule has 2 aromatic carbocycles. The minimum atomic E-state index is -3.57. The van der Waals surface area contributed by atoms with Crippen LogP contribution >= 0.6 is 0 Å². The van der Waals surface area contributed by atoms with Gasteiger partial charge >= 0.3 is 5.92 Å². The number of phenolic OH excluding ortho intramolecular Hbond substituents is 1. The Balaban J connectivity index is 1.48. The Morgan fingerprint density at radius 1 is 1.03 bits per heavy atom. The largest absolute Gasteiger partial charge is 0.508 e. The first-order valence-electron chi connectivity index (χ1n) is 12.7. The molecule has 0 heterocycles. The number of phenols is 1. The molecule has 6 atom stereocenters. The van der Waals surface area contributed by atoms with Crippen LogP contribution in [0, 0.1) is 29.6 Å². The number of aromatic hydroxyl groups is 1. The second kappa shape index (κ2) is 7.31. The number of rotatable bonds is 3. The van der Waals surface area contributed by atoms with Crippen molar-refractivity contribution in [1.29, 1.82) is 0 Å². The van der Waals surface area contributed by atoms with E-state index < -0.39 is 16.9 Å². The van der Waals surface area contributed by atoms with Gasteiger partial charge in [-0.05, 0) is 115 Å². The number of hydrogen-bond acceptors (Lipinski definition) is 2. The number of halogens is 2. The molecule has 178 valence electrons. The number of aliphatic hydroxyl groups is 1. The molecule has 2 N–H and O–H groups in total. The molecule has 34 heavy (non-hydrogen) atoms. The van der Waals surface area contributed by atoms with Crippen molar-refractivity contribution in [3.8, 4) is 18.1 Å². The van der Waals surface area contributed by atoms with Gasteiger partial charge in [-0.3, -0.25) is 0 Å². The van der Waals surface area contributed by atoms with E-state index in [9.17, 15) is 10.2 Å². The van der Waals surface area contributed by atoms with E-state index in [-0.39, 0.29) is 35.8 Å². The Bertz CT molecular complexity index is 1160. The van der Waals surface area contributed by atoms with Crippen LogP contribution < -0.4 is 0 Å². The molecule has 2 nitrogen and oxygen atoms in total. The van der Waals surface area contributed by atoms with E-state index >= 15 is 8.78 Å². The van der Waals surface area contributed by atoms with Crippen LogP contribution in [0.15, 0.2) is 42.5 Å². The number of hydrogen-bond donors (Lipinski definition) is 2. The third kappa shape index (κ3) is 2.95. The Kier molecular flexibility index (Phi) is 4.75.